The molecule has 3 rings (SSSR count). The van der Waals surface area contributed by atoms with Gasteiger partial charge in [-0.1, -0.05) is 42.5 Å². The van der Waals surface area contributed by atoms with E-state index in [1.54, 1.807) is 24.3 Å². The van der Waals surface area contributed by atoms with Gasteiger partial charge in [-0.3, -0.25) is 9.78 Å². The van der Waals surface area contributed by atoms with Crippen LogP contribution in [0.5, 0.6) is 0 Å². The number of aromatic nitrogens is 1. The van der Waals surface area contributed by atoms with Crippen molar-refractivity contribution >= 4 is 11.6 Å². The Morgan fingerprint density at radius 3 is 2.13 bits per heavy atom. The van der Waals surface area contributed by atoms with E-state index in [0.29, 0.717) is 6.42 Å². The highest BCUT2D eigenvalue weighted by atomic mass is 16.2. The third kappa shape index (κ3) is 3.64. The average molecular weight is 302 g/mol. The lowest BCUT2D eigenvalue weighted by atomic mass is 10.1. The number of benzene rings is 2. The van der Waals surface area contributed by atoms with Crippen molar-refractivity contribution in [2.45, 2.75) is 6.42 Å². The van der Waals surface area contributed by atoms with Crippen LogP contribution in [-0.4, -0.2) is 17.9 Å². The van der Waals surface area contributed by atoms with E-state index in [9.17, 15) is 4.79 Å². The third-order valence-electron chi connectivity index (χ3n) is 3.84. The van der Waals surface area contributed by atoms with E-state index in [0.717, 1.165) is 16.8 Å². The van der Waals surface area contributed by atoms with Crippen molar-refractivity contribution in [1.82, 2.24) is 4.98 Å². The van der Waals surface area contributed by atoms with Crippen LogP contribution in [0.4, 0.5) is 5.69 Å². The van der Waals surface area contributed by atoms with E-state index in [2.05, 4.69) is 17.1 Å². The number of carbonyl (C=O) groups is 1. The van der Waals surface area contributed by atoms with Crippen molar-refractivity contribution in [3.05, 3.63) is 84.7 Å². The van der Waals surface area contributed by atoms with E-state index >= 15 is 0 Å². The molecule has 2 aromatic carbocycles. The zero-order chi connectivity index (χ0) is 16.1. The summed E-state index contributed by atoms with van der Waals surface area (Å²) < 4.78 is 0. The molecule has 3 aromatic rings. The van der Waals surface area contributed by atoms with Crippen LogP contribution in [0.25, 0.3) is 11.1 Å². The molecule has 0 spiro atoms. The molecule has 1 amide bonds. The highest BCUT2D eigenvalue weighted by Gasteiger charge is 2.11. The highest BCUT2D eigenvalue weighted by Crippen LogP contribution is 2.22. The number of anilines is 1. The van der Waals surface area contributed by atoms with Gasteiger partial charge in [-0.15, -0.1) is 0 Å². The first-order valence-corrected chi connectivity index (χ1v) is 7.55. The van der Waals surface area contributed by atoms with Crippen molar-refractivity contribution in [1.29, 1.82) is 0 Å². The molecule has 0 saturated carbocycles. The summed E-state index contributed by atoms with van der Waals surface area (Å²) in [6, 6.07) is 22.0. The molecule has 0 radical (unpaired) electrons. The van der Waals surface area contributed by atoms with E-state index < -0.39 is 0 Å². The van der Waals surface area contributed by atoms with Gasteiger partial charge in [0.05, 0.1) is 6.42 Å². The number of carbonyl (C=O) groups excluding carboxylic acids is 1. The normalized spacial score (nSPS) is 10.3. The van der Waals surface area contributed by atoms with E-state index in [-0.39, 0.29) is 5.91 Å². The van der Waals surface area contributed by atoms with Crippen molar-refractivity contribution in [2.24, 2.45) is 0 Å². The monoisotopic (exact) mass is 302 g/mol. The van der Waals surface area contributed by atoms with Crippen LogP contribution in [0.1, 0.15) is 5.56 Å². The summed E-state index contributed by atoms with van der Waals surface area (Å²) in [5, 5.41) is 0. The number of nitrogens with zero attached hydrogens (tertiary/aromatic N) is 2. The predicted molar refractivity (Wildman–Crippen MR) is 93.2 cm³/mol. The molecule has 0 N–H and O–H groups in total. The second kappa shape index (κ2) is 6.88. The molecule has 0 aliphatic rings. The van der Waals surface area contributed by atoms with Crippen LogP contribution in [0, 0.1) is 0 Å². The summed E-state index contributed by atoms with van der Waals surface area (Å²) in [7, 11) is 1.81. The zero-order valence-corrected chi connectivity index (χ0v) is 13.0. The van der Waals surface area contributed by atoms with Crippen LogP contribution < -0.4 is 4.90 Å². The Labute approximate surface area is 136 Å². The average Bonchev–Trinajstić information content (AvgIpc) is 2.63. The van der Waals surface area contributed by atoms with Gasteiger partial charge >= 0.3 is 0 Å². The lowest BCUT2D eigenvalue weighted by molar-refractivity contribution is -0.117. The second-order valence-electron chi connectivity index (χ2n) is 5.40. The molecule has 0 fully saturated rings. The number of pyridine rings is 1. The van der Waals surface area contributed by atoms with Crippen molar-refractivity contribution < 1.29 is 4.79 Å². The van der Waals surface area contributed by atoms with Gasteiger partial charge in [0.1, 0.15) is 0 Å². The molecular formula is C20H18N2O. The number of hydrogen-bond acceptors (Lipinski definition) is 2. The summed E-state index contributed by atoms with van der Waals surface area (Å²) in [5.74, 6) is 0.0589. The van der Waals surface area contributed by atoms with Crippen LogP contribution in [0.15, 0.2) is 79.1 Å². The maximum atomic E-state index is 12.4. The molecule has 114 valence electrons. The molecule has 0 aliphatic carbocycles. The second-order valence-corrected chi connectivity index (χ2v) is 5.40. The summed E-state index contributed by atoms with van der Waals surface area (Å²) in [4.78, 5) is 18.0. The minimum Gasteiger partial charge on any atom is -0.315 e. The molecule has 0 saturated heterocycles. The molecular weight excluding hydrogens is 284 g/mol. The molecule has 1 aromatic heterocycles. The maximum absolute atomic E-state index is 12.4. The molecule has 0 bridgehead atoms. The Hall–Kier alpha value is -2.94. The van der Waals surface area contributed by atoms with E-state index in [1.807, 2.05) is 54.6 Å². The largest absolute Gasteiger partial charge is 0.315 e. The van der Waals surface area contributed by atoms with Crippen LogP contribution in [0.2, 0.25) is 0 Å². The van der Waals surface area contributed by atoms with Crippen LogP contribution in [-0.2, 0) is 11.2 Å². The minimum absolute atomic E-state index is 0.0589. The van der Waals surface area contributed by atoms with Crippen molar-refractivity contribution in [2.75, 3.05) is 11.9 Å². The Morgan fingerprint density at radius 1 is 0.870 bits per heavy atom. The SMILES string of the molecule is CN(C(=O)Cc1ccncc1)c1ccc(-c2ccccc2)cc1. The summed E-state index contributed by atoms with van der Waals surface area (Å²) in [6.45, 7) is 0. The van der Waals surface area contributed by atoms with Crippen LogP contribution in [0.3, 0.4) is 0 Å². The Bertz CT molecular complexity index is 768. The lowest BCUT2D eigenvalue weighted by Gasteiger charge is -2.18. The predicted octanol–water partition coefficient (Wildman–Crippen LogP) is 3.95. The summed E-state index contributed by atoms with van der Waals surface area (Å²) in [6.07, 6.45) is 3.79. The summed E-state index contributed by atoms with van der Waals surface area (Å²) in [5.41, 5.74) is 4.18. The van der Waals surface area contributed by atoms with Gasteiger partial charge in [0.15, 0.2) is 0 Å². The summed E-state index contributed by atoms with van der Waals surface area (Å²) >= 11 is 0. The molecule has 23 heavy (non-hydrogen) atoms. The fourth-order valence-corrected chi connectivity index (χ4v) is 2.45. The smallest absolute Gasteiger partial charge is 0.231 e. The first-order valence-electron chi connectivity index (χ1n) is 7.55. The number of hydrogen-bond donors (Lipinski definition) is 0. The Morgan fingerprint density at radius 2 is 1.48 bits per heavy atom. The molecule has 0 aliphatic heterocycles. The maximum Gasteiger partial charge on any atom is 0.231 e. The molecule has 3 heteroatoms. The quantitative estimate of drug-likeness (QED) is 0.731. The molecule has 0 atom stereocenters. The lowest BCUT2D eigenvalue weighted by Crippen LogP contribution is -2.27. The van der Waals surface area contributed by atoms with Crippen LogP contribution >= 0.6 is 0 Å². The number of rotatable bonds is 4. The minimum atomic E-state index is 0.0589. The van der Waals surface area contributed by atoms with Gasteiger partial charge < -0.3 is 4.90 Å². The van der Waals surface area contributed by atoms with Gasteiger partial charge in [-0.05, 0) is 41.0 Å². The zero-order valence-electron chi connectivity index (χ0n) is 13.0. The van der Waals surface area contributed by atoms with Crippen molar-refractivity contribution in [3.8, 4) is 11.1 Å². The van der Waals surface area contributed by atoms with E-state index in [1.165, 1.54) is 5.56 Å². The van der Waals surface area contributed by atoms with Gasteiger partial charge in [0.2, 0.25) is 5.91 Å². The number of likely N-dealkylation sites (N-methyl/N-ethyl adjacent to an activating group) is 1. The topological polar surface area (TPSA) is 33.2 Å². The van der Waals surface area contributed by atoms with Gasteiger partial charge in [-0.25, -0.2) is 0 Å². The van der Waals surface area contributed by atoms with E-state index in [4.69, 9.17) is 0 Å². The highest BCUT2D eigenvalue weighted by molar-refractivity contribution is 5.94. The number of amides is 1. The first-order chi connectivity index (χ1) is 11.2. The Kier molecular flexibility index (Phi) is 4.48. The molecule has 0 unspecified atom stereocenters. The first kappa shape index (κ1) is 15.0. The van der Waals surface area contributed by atoms with Gasteiger partial charge in [0, 0.05) is 25.1 Å². The fourth-order valence-electron chi connectivity index (χ4n) is 2.45. The van der Waals surface area contributed by atoms with Gasteiger partial charge in [-0.2, -0.15) is 0 Å². The standard InChI is InChI=1S/C20H18N2O/c1-22(20(23)15-16-11-13-21-14-12-16)19-9-7-18(8-10-19)17-5-3-2-4-6-17/h2-14H,15H2,1H3. The van der Waals surface area contributed by atoms with Gasteiger partial charge in [0.25, 0.3) is 0 Å². The van der Waals surface area contributed by atoms with Crippen molar-refractivity contribution in [3.63, 3.8) is 0 Å². The Balaban J connectivity index is 1.72. The molecule has 3 nitrogen and oxygen atoms in total. The fraction of sp³-hybridized carbons (Fsp3) is 0.100. The third-order valence-corrected chi connectivity index (χ3v) is 3.84. The molecule has 1 heterocycles.